The fourth-order valence-electron chi connectivity index (χ4n) is 1.97. The van der Waals surface area contributed by atoms with Crippen molar-refractivity contribution in [3.05, 3.63) is 52.5 Å². The molecule has 0 saturated heterocycles. The largest absolute Gasteiger partial charge is 0.493 e. The number of carboxylic acid groups (broad SMARTS) is 1. The van der Waals surface area contributed by atoms with Crippen molar-refractivity contribution in [2.45, 2.75) is 6.92 Å². The maximum atomic E-state index is 10.8. The molecule has 2 rings (SSSR count). The summed E-state index contributed by atoms with van der Waals surface area (Å²) in [4.78, 5) is 10.8. The predicted octanol–water partition coefficient (Wildman–Crippen LogP) is 3.89. The number of halogens is 1. The van der Waals surface area contributed by atoms with Crippen LogP contribution in [0.1, 0.15) is 22.8 Å². The van der Waals surface area contributed by atoms with E-state index in [0.29, 0.717) is 28.8 Å². The third kappa shape index (κ3) is 4.39. The first-order valence-electron chi connectivity index (χ1n) is 7.18. The number of hydrogen-bond acceptors (Lipinski definition) is 5. The molecule has 0 fully saturated rings. The first-order chi connectivity index (χ1) is 11.5. The number of hydrogen-bond donors (Lipinski definition) is 2. The average Bonchev–Trinajstić information content (AvgIpc) is 2.57. The van der Waals surface area contributed by atoms with Crippen molar-refractivity contribution in [3.63, 3.8) is 0 Å². The molecule has 24 heavy (non-hydrogen) atoms. The molecular weight excluding hydrogens is 332 g/mol. The number of carbonyl (C=O) groups is 1. The highest BCUT2D eigenvalue weighted by atomic mass is 35.5. The van der Waals surface area contributed by atoms with Crippen LogP contribution >= 0.6 is 11.6 Å². The predicted molar refractivity (Wildman–Crippen MR) is 93.8 cm³/mol. The molecule has 0 heterocycles. The van der Waals surface area contributed by atoms with E-state index in [1.807, 2.05) is 6.92 Å². The lowest BCUT2D eigenvalue weighted by atomic mass is 10.2. The SMILES string of the molecule is CCOc1c(Cl)cc(C=NNc2ccc(C(=O)O)cc2)cc1OC. The Kier molecular flexibility index (Phi) is 6.03. The van der Waals surface area contributed by atoms with Gasteiger partial charge in [-0.2, -0.15) is 5.10 Å². The molecule has 0 aliphatic carbocycles. The highest BCUT2D eigenvalue weighted by Crippen LogP contribution is 2.35. The normalized spacial score (nSPS) is 10.6. The van der Waals surface area contributed by atoms with Crippen LogP contribution in [0.4, 0.5) is 5.69 Å². The standard InChI is InChI=1S/C17H17ClN2O4/c1-3-24-16-14(18)8-11(9-15(16)23-2)10-19-20-13-6-4-12(5-7-13)17(21)22/h4-10,20H,3H2,1-2H3,(H,21,22). The minimum atomic E-state index is -0.971. The number of aromatic carboxylic acids is 1. The summed E-state index contributed by atoms with van der Waals surface area (Å²) in [6.45, 7) is 2.35. The van der Waals surface area contributed by atoms with E-state index in [9.17, 15) is 4.79 Å². The number of hydrazone groups is 1. The zero-order chi connectivity index (χ0) is 17.5. The van der Waals surface area contributed by atoms with Crippen LogP contribution < -0.4 is 14.9 Å². The van der Waals surface area contributed by atoms with Crippen molar-refractivity contribution >= 4 is 29.5 Å². The zero-order valence-corrected chi connectivity index (χ0v) is 14.0. The Hall–Kier alpha value is -2.73. The van der Waals surface area contributed by atoms with Gasteiger partial charge in [-0.3, -0.25) is 5.43 Å². The molecular formula is C17H17ClN2O4. The summed E-state index contributed by atoms with van der Waals surface area (Å²) >= 11 is 6.19. The molecule has 0 aromatic heterocycles. The van der Waals surface area contributed by atoms with Gasteiger partial charge in [0.05, 0.1) is 36.2 Å². The highest BCUT2D eigenvalue weighted by molar-refractivity contribution is 6.32. The Bertz CT molecular complexity index is 745. The second-order valence-corrected chi connectivity index (χ2v) is 5.13. The molecule has 0 atom stereocenters. The summed E-state index contributed by atoms with van der Waals surface area (Å²) in [5.74, 6) is 0.0498. The second-order valence-electron chi connectivity index (χ2n) is 4.72. The van der Waals surface area contributed by atoms with E-state index in [4.69, 9.17) is 26.2 Å². The smallest absolute Gasteiger partial charge is 0.335 e. The molecule has 6 nitrogen and oxygen atoms in total. The van der Waals surface area contributed by atoms with E-state index in [1.165, 1.54) is 19.2 Å². The van der Waals surface area contributed by atoms with E-state index in [0.717, 1.165) is 5.56 Å². The second kappa shape index (κ2) is 8.21. The van der Waals surface area contributed by atoms with E-state index in [-0.39, 0.29) is 5.56 Å². The molecule has 0 bridgehead atoms. The lowest BCUT2D eigenvalue weighted by Gasteiger charge is -2.11. The molecule has 7 heteroatoms. The number of carboxylic acids is 1. The number of anilines is 1. The molecule has 2 aromatic rings. The lowest BCUT2D eigenvalue weighted by molar-refractivity contribution is 0.0697. The van der Waals surface area contributed by atoms with Crippen LogP contribution in [0.15, 0.2) is 41.5 Å². The average molecular weight is 349 g/mol. The van der Waals surface area contributed by atoms with Gasteiger partial charge in [0.1, 0.15) is 0 Å². The molecule has 0 amide bonds. The number of benzene rings is 2. The summed E-state index contributed by atoms with van der Waals surface area (Å²) < 4.78 is 10.7. The summed E-state index contributed by atoms with van der Waals surface area (Å²) in [6.07, 6.45) is 1.58. The van der Waals surface area contributed by atoms with Gasteiger partial charge in [-0.25, -0.2) is 4.79 Å². The van der Waals surface area contributed by atoms with Crippen LogP contribution in [-0.4, -0.2) is 31.0 Å². The lowest BCUT2D eigenvalue weighted by Crippen LogP contribution is -1.98. The number of ether oxygens (including phenoxy) is 2. The maximum Gasteiger partial charge on any atom is 0.335 e. The number of rotatable bonds is 7. The first kappa shape index (κ1) is 17.6. The number of methoxy groups -OCH3 is 1. The van der Waals surface area contributed by atoms with Crippen LogP contribution in [0.5, 0.6) is 11.5 Å². The topological polar surface area (TPSA) is 80.2 Å². The van der Waals surface area contributed by atoms with E-state index in [1.54, 1.807) is 30.5 Å². The van der Waals surface area contributed by atoms with Gasteiger partial charge >= 0.3 is 5.97 Å². The van der Waals surface area contributed by atoms with Gasteiger partial charge in [-0.1, -0.05) is 11.6 Å². The molecule has 0 radical (unpaired) electrons. The summed E-state index contributed by atoms with van der Waals surface area (Å²) in [7, 11) is 1.54. The zero-order valence-electron chi connectivity index (χ0n) is 13.2. The molecule has 0 aliphatic heterocycles. The van der Waals surface area contributed by atoms with Crippen molar-refractivity contribution in [2.75, 3.05) is 19.1 Å². The first-order valence-corrected chi connectivity index (χ1v) is 7.55. The third-order valence-corrected chi connectivity index (χ3v) is 3.36. The Labute approximate surface area is 144 Å². The van der Waals surface area contributed by atoms with Crippen LogP contribution in [0.2, 0.25) is 5.02 Å². The van der Waals surface area contributed by atoms with Crippen molar-refractivity contribution in [3.8, 4) is 11.5 Å². The number of nitrogens with one attached hydrogen (secondary N) is 1. The van der Waals surface area contributed by atoms with Gasteiger partial charge < -0.3 is 14.6 Å². The summed E-state index contributed by atoms with van der Waals surface area (Å²) in [5, 5.41) is 13.4. The van der Waals surface area contributed by atoms with Crippen LogP contribution in [0, 0.1) is 0 Å². The Morgan fingerprint density at radius 1 is 1.33 bits per heavy atom. The molecule has 2 N–H and O–H groups in total. The molecule has 2 aromatic carbocycles. The molecule has 0 unspecified atom stereocenters. The van der Waals surface area contributed by atoms with Crippen LogP contribution in [0.25, 0.3) is 0 Å². The van der Waals surface area contributed by atoms with Crippen molar-refractivity contribution < 1.29 is 19.4 Å². The Morgan fingerprint density at radius 3 is 2.62 bits per heavy atom. The molecule has 0 saturated carbocycles. The minimum absolute atomic E-state index is 0.215. The molecule has 126 valence electrons. The Balaban J connectivity index is 2.11. The quantitative estimate of drug-likeness (QED) is 0.586. The molecule has 0 spiro atoms. The van der Waals surface area contributed by atoms with Crippen LogP contribution in [0.3, 0.4) is 0 Å². The van der Waals surface area contributed by atoms with E-state index >= 15 is 0 Å². The Morgan fingerprint density at radius 2 is 2.04 bits per heavy atom. The maximum absolute atomic E-state index is 10.8. The number of nitrogens with zero attached hydrogens (tertiary/aromatic N) is 1. The van der Waals surface area contributed by atoms with Gasteiger partial charge in [0.2, 0.25) is 0 Å². The van der Waals surface area contributed by atoms with E-state index < -0.39 is 5.97 Å². The van der Waals surface area contributed by atoms with Crippen molar-refractivity contribution in [1.82, 2.24) is 0 Å². The summed E-state index contributed by atoms with van der Waals surface area (Å²) in [6, 6.07) is 9.73. The third-order valence-electron chi connectivity index (χ3n) is 3.08. The van der Waals surface area contributed by atoms with Gasteiger partial charge in [-0.05, 0) is 48.9 Å². The summed E-state index contributed by atoms with van der Waals surface area (Å²) in [5.41, 5.74) is 4.43. The minimum Gasteiger partial charge on any atom is -0.493 e. The van der Waals surface area contributed by atoms with Gasteiger partial charge in [0, 0.05) is 0 Å². The van der Waals surface area contributed by atoms with Crippen molar-refractivity contribution in [2.24, 2.45) is 5.10 Å². The monoisotopic (exact) mass is 348 g/mol. The van der Waals surface area contributed by atoms with Gasteiger partial charge in [0.15, 0.2) is 11.5 Å². The van der Waals surface area contributed by atoms with Crippen molar-refractivity contribution in [1.29, 1.82) is 0 Å². The van der Waals surface area contributed by atoms with Gasteiger partial charge in [-0.15, -0.1) is 0 Å². The molecule has 0 aliphatic rings. The van der Waals surface area contributed by atoms with Crippen LogP contribution in [-0.2, 0) is 0 Å². The fraction of sp³-hybridized carbons (Fsp3) is 0.176. The highest BCUT2D eigenvalue weighted by Gasteiger charge is 2.10. The fourth-order valence-corrected chi connectivity index (χ4v) is 2.24. The van der Waals surface area contributed by atoms with E-state index in [2.05, 4.69) is 10.5 Å². The van der Waals surface area contributed by atoms with Gasteiger partial charge in [0.25, 0.3) is 0 Å².